The Morgan fingerprint density at radius 2 is 2.27 bits per heavy atom. The van der Waals surface area contributed by atoms with E-state index >= 15 is 0 Å². The number of ketones is 1. The van der Waals surface area contributed by atoms with E-state index in [0.717, 1.165) is 35.2 Å². The van der Waals surface area contributed by atoms with E-state index in [1.165, 1.54) is 19.3 Å². The van der Waals surface area contributed by atoms with E-state index in [9.17, 15) is 4.79 Å². The van der Waals surface area contributed by atoms with Gasteiger partial charge in [-0.05, 0) is 37.9 Å². The smallest absolute Gasteiger partial charge is 0.178 e. The van der Waals surface area contributed by atoms with Crippen molar-refractivity contribution >= 4 is 16.7 Å². The molecule has 22 heavy (non-hydrogen) atoms. The number of Topliss-reactive ketones (excluding diaryl/α,β-unsaturated/α-hetero) is 1. The molecule has 0 radical (unpaired) electrons. The van der Waals surface area contributed by atoms with Crippen LogP contribution in [0.3, 0.4) is 0 Å². The van der Waals surface area contributed by atoms with Crippen LogP contribution >= 0.6 is 0 Å². The first-order valence-electron chi connectivity index (χ1n) is 8.15. The van der Waals surface area contributed by atoms with Crippen LogP contribution in [-0.4, -0.2) is 41.9 Å². The standard InChI is InChI=1S/C18H24N2O2/c1-3-13-6-4-5-9-20(13)12-18(21)16-11-19-17-10-14(22-2)7-8-15(16)17/h7-8,10-11,13,19H,3-6,9,12H2,1-2H3/t13-/m0/s1. The highest BCUT2D eigenvalue weighted by Crippen LogP contribution is 2.25. The molecule has 2 heterocycles. The lowest BCUT2D eigenvalue weighted by atomic mass is 9.99. The van der Waals surface area contributed by atoms with Crippen molar-refractivity contribution in [2.45, 2.75) is 38.6 Å². The van der Waals surface area contributed by atoms with Crippen LogP contribution in [0, 0.1) is 0 Å². The molecule has 1 fully saturated rings. The minimum atomic E-state index is 0.205. The first-order valence-corrected chi connectivity index (χ1v) is 8.15. The molecule has 1 aromatic carbocycles. The summed E-state index contributed by atoms with van der Waals surface area (Å²) in [5, 5.41) is 0.982. The number of aromatic nitrogens is 1. The van der Waals surface area contributed by atoms with Gasteiger partial charge in [0.05, 0.1) is 13.7 Å². The van der Waals surface area contributed by atoms with Gasteiger partial charge in [0.2, 0.25) is 0 Å². The number of aromatic amines is 1. The Morgan fingerprint density at radius 3 is 3.05 bits per heavy atom. The van der Waals surface area contributed by atoms with Crippen LogP contribution in [0.4, 0.5) is 0 Å². The Morgan fingerprint density at radius 1 is 1.41 bits per heavy atom. The molecule has 1 aromatic heterocycles. The second-order valence-corrected chi connectivity index (χ2v) is 6.07. The monoisotopic (exact) mass is 300 g/mol. The van der Waals surface area contributed by atoms with Crippen LogP contribution in [0.15, 0.2) is 24.4 Å². The van der Waals surface area contributed by atoms with Crippen LogP contribution in [0.25, 0.3) is 10.9 Å². The highest BCUT2D eigenvalue weighted by molar-refractivity contribution is 6.09. The zero-order chi connectivity index (χ0) is 15.5. The molecule has 3 rings (SSSR count). The molecular weight excluding hydrogens is 276 g/mol. The first-order chi connectivity index (χ1) is 10.7. The van der Waals surface area contributed by atoms with Crippen molar-refractivity contribution in [2.24, 2.45) is 0 Å². The summed E-state index contributed by atoms with van der Waals surface area (Å²) >= 11 is 0. The summed E-state index contributed by atoms with van der Waals surface area (Å²) in [4.78, 5) is 18.3. The number of carbonyl (C=O) groups is 1. The van der Waals surface area contributed by atoms with Gasteiger partial charge in [-0.1, -0.05) is 13.3 Å². The fraction of sp³-hybridized carbons (Fsp3) is 0.500. The van der Waals surface area contributed by atoms with Gasteiger partial charge in [0.1, 0.15) is 5.75 Å². The van der Waals surface area contributed by atoms with E-state index in [1.807, 2.05) is 24.4 Å². The Balaban J connectivity index is 1.80. The average molecular weight is 300 g/mol. The Hall–Kier alpha value is -1.81. The van der Waals surface area contributed by atoms with E-state index in [-0.39, 0.29) is 5.78 Å². The van der Waals surface area contributed by atoms with Gasteiger partial charge in [-0.2, -0.15) is 0 Å². The quantitative estimate of drug-likeness (QED) is 0.858. The predicted molar refractivity (Wildman–Crippen MR) is 88.7 cm³/mol. The van der Waals surface area contributed by atoms with Crippen molar-refractivity contribution in [3.8, 4) is 5.75 Å². The van der Waals surface area contributed by atoms with Crippen molar-refractivity contribution in [3.63, 3.8) is 0 Å². The predicted octanol–water partition coefficient (Wildman–Crippen LogP) is 3.62. The zero-order valence-corrected chi connectivity index (χ0v) is 13.4. The van der Waals surface area contributed by atoms with Gasteiger partial charge in [-0.3, -0.25) is 9.69 Å². The van der Waals surface area contributed by atoms with Gasteiger partial charge in [-0.15, -0.1) is 0 Å². The molecule has 0 amide bonds. The topological polar surface area (TPSA) is 45.3 Å². The number of piperidine rings is 1. The van der Waals surface area contributed by atoms with Gasteiger partial charge >= 0.3 is 0 Å². The molecule has 0 bridgehead atoms. The van der Waals surface area contributed by atoms with Crippen LogP contribution in [0.2, 0.25) is 0 Å². The maximum Gasteiger partial charge on any atom is 0.178 e. The summed E-state index contributed by atoms with van der Waals surface area (Å²) in [7, 11) is 1.65. The molecule has 0 saturated carbocycles. The van der Waals surface area contributed by atoms with Gasteiger partial charge in [0, 0.05) is 34.8 Å². The number of hydrogen-bond acceptors (Lipinski definition) is 3. The molecule has 2 aromatic rings. The van der Waals surface area contributed by atoms with E-state index in [4.69, 9.17) is 4.74 Å². The van der Waals surface area contributed by atoms with Crippen molar-refractivity contribution < 1.29 is 9.53 Å². The summed E-state index contributed by atoms with van der Waals surface area (Å²) in [6, 6.07) is 6.36. The summed E-state index contributed by atoms with van der Waals surface area (Å²) in [5.41, 5.74) is 1.74. The van der Waals surface area contributed by atoms with Gasteiger partial charge in [0.25, 0.3) is 0 Å². The van der Waals surface area contributed by atoms with Crippen molar-refractivity contribution in [3.05, 3.63) is 30.0 Å². The summed E-state index contributed by atoms with van der Waals surface area (Å²) < 4.78 is 5.23. The maximum atomic E-state index is 12.7. The number of fused-ring (bicyclic) bond motifs is 1. The van der Waals surface area contributed by atoms with Crippen LogP contribution in [-0.2, 0) is 0 Å². The van der Waals surface area contributed by atoms with Gasteiger partial charge in [0.15, 0.2) is 5.78 Å². The molecular formula is C18H24N2O2. The first kappa shape index (κ1) is 15.1. The van der Waals surface area contributed by atoms with E-state index in [1.54, 1.807) is 7.11 Å². The molecule has 4 nitrogen and oxygen atoms in total. The number of rotatable bonds is 5. The third-order valence-electron chi connectivity index (χ3n) is 4.76. The third-order valence-corrected chi connectivity index (χ3v) is 4.76. The molecule has 118 valence electrons. The zero-order valence-electron chi connectivity index (χ0n) is 13.4. The number of likely N-dealkylation sites (tertiary alicyclic amines) is 1. The van der Waals surface area contributed by atoms with Crippen molar-refractivity contribution in [1.29, 1.82) is 0 Å². The molecule has 4 heteroatoms. The fourth-order valence-electron chi connectivity index (χ4n) is 3.46. The second kappa shape index (κ2) is 6.53. The number of carbonyl (C=O) groups excluding carboxylic acids is 1. The summed E-state index contributed by atoms with van der Waals surface area (Å²) in [5.74, 6) is 1.01. The number of nitrogens with zero attached hydrogens (tertiary/aromatic N) is 1. The number of methoxy groups -OCH3 is 1. The molecule has 1 aliphatic heterocycles. The lowest BCUT2D eigenvalue weighted by Crippen LogP contribution is -2.42. The highest BCUT2D eigenvalue weighted by atomic mass is 16.5. The molecule has 0 spiro atoms. The summed E-state index contributed by atoms with van der Waals surface area (Å²) in [6.45, 7) is 3.78. The van der Waals surface area contributed by atoms with E-state index in [2.05, 4.69) is 16.8 Å². The normalized spacial score (nSPS) is 19.5. The highest BCUT2D eigenvalue weighted by Gasteiger charge is 2.24. The molecule has 0 aliphatic carbocycles. The van der Waals surface area contributed by atoms with E-state index < -0.39 is 0 Å². The number of H-pyrrole nitrogens is 1. The SMILES string of the molecule is CC[C@H]1CCCCN1CC(=O)c1c[nH]c2cc(OC)ccc12. The molecule has 1 aliphatic rings. The Kier molecular flexibility index (Phi) is 4.48. The maximum absolute atomic E-state index is 12.7. The van der Waals surface area contributed by atoms with Gasteiger partial charge < -0.3 is 9.72 Å². The average Bonchev–Trinajstić information content (AvgIpc) is 2.98. The fourth-order valence-corrected chi connectivity index (χ4v) is 3.46. The molecule has 1 N–H and O–H groups in total. The Labute approximate surface area is 131 Å². The lowest BCUT2D eigenvalue weighted by Gasteiger charge is -2.34. The van der Waals surface area contributed by atoms with E-state index in [0.29, 0.717) is 12.6 Å². The molecule has 0 unspecified atom stereocenters. The second-order valence-electron chi connectivity index (χ2n) is 6.07. The van der Waals surface area contributed by atoms with Crippen molar-refractivity contribution in [2.75, 3.05) is 20.2 Å². The number of benzene rings is 1. The van der Waals surface area contributed by atoms with Crippen LogP contribution in [0.5, 0.6) is 5.75 Å². The van der Waals surface area contributed by atoms with Crippen LogP contribution < -0.4 is 4.74 Å². The minimum Gasteiger partial charge on any atom is -0.497 e. The largest absolute Gasteiger partial charge is 0.497 e. The number of ether oxygens (including phenoxy) is 1. The summed E-state index contributed by atoms with van der Waals surface area (Å²) in [6.07, 6.45) is 6.66. The van der Waals surface area contributed by atoms with Crippen molar-refractivity contribution in [1.82, 2.24) is 9.88 Å². The third kappa shape index (κ3) is 2.88. The van der Waals surface area contributed by atoms with Gasteiger partial charge in [-0.25, -0.2) is 0 Å². The molecule has 1 atom stereocenters. The lowest BCUT2D eigenvalue weighted by molar-refractivity contribution is 0.0840. The number of nitrogens with one attached hydrogen (secondary N) is 1. The number of hydrogen-bond donors (Lipinski definition) is 1. The van der Waals surface area contributed by atoms with Crippen LogP contribution in [0.1, 0.15) is 43.0 Å². The minimum absolute atomic E-state index is 0.205. The Bertz CT molecular complexity index is 662. The molecule has 1 saturated heterocycles.